The van der Waals surface area contributed by atoms with E-state index in [1.807, 2.05) is 18.2 Å². The molecule has 1 aliphatic rings. The van der Waals surface area contributed by atoms with E-state index in [4.69, 9.17) is 4.52 Å². The van der Waals surface area contributed by atoms with Gasteiger partial charge in [0.05, 0.1) is 5.56 Å². The van der Waals surface area contributed by atoms with Crippen LogP contribution in [0.1, 0.15) is 28.1 Å². The molecular formula is C18H17N5O2. The predicted octanol–water partition coefficient (Wildman–Crippen LogP) is 3.11. The first kappa shape index (κ1) is 15.3. The second-order valence-corrected chi connectivity index (χ2v) is 5.93. The summed E-state index contributed by atoms with van der Waals surface area (Å²) in [5.41, 5.74) is 2.63. The Bertz CT molecular complexity index is 904. The van der Waals surface area contributed by atoms with Gasteiger partial charge in [0.1, 0.15) is 5.76 Å². The summed E-state index contributed by atoms with van der Waals surface area (Å²) in [5, 5.41) is 6.76. The number of nitrogens with one attached hydrogen (secondary N) is 1. The summed E-state index contributed by atoms with van der Waals surface area (Å²) in [4.78, 5) is 23.0. The molecule has 25 heavy (non-hydrogen) atoms. The minimum Gasteiger partial charge on any atom is -0.360 e. The Hall–Kier alpha value is -3.22. The van der Waals surface area contributed by atoms with Crippen molar-refractivity contribution in [2.24, 2.45) is 0 Å². The summed E-state index contributed by atoms with van der Waals surface area (Å²) in [5.74, 6) is 1.50. The minimum atomic E-state index is -0.0871. The molecule has 1 N–H and O–H groups in total. The number of hydrogen-bond acceptors (Lipinski definition) is 6. The highest BCUT2D eigenvalue weighted by Crippen LogP contribution is 2.28. The summed E-state index contributed by atoms with van der Waals surface area (Å²) in [6.07, 6.45) is 5.01. The molecule has 0 saturated heterocycles. The fourth-order valence-electron chi connectivity index (χ4n) is 2.94. The summed E-state index contributed by atoms with van der Waals surface area (Å²) < 4.78 is 4.98. The van der Waals surface area contributed by atoms with Crippen molar-refractivity contribution in [3.05, 3.63) is 59.6 Å². The van der Waals surface area contributed by atoms with E-state index >= 15 is 0 Å². The van der Waals surface area contributed by atoms with Gasteiger partial charge in [0.2, 0.25) is 5.95 Å². The standard InChI is InChI=1S/C18H17N5O2/c1-12-9-16(22-25-12)21-18-19-10-14(11-20-18)17(24)23-8-4-6-13-5-2-3-7-15(13)23/h2-3,5,7,9-11H,4,6,8H2,1H3,(H,19,20,21,22). The number of benzene rings is 1. The van der Waals surface area contributed by atoms with Crippen LogP contribution in [0.3, 0.4) is 0 Å². The van der Waals surface area contributed by atoms with E-state index < -0.39 is 0 Å². The van der Waals surface area contributed by atoms with Crippen molar-refractivity contribution < 1.29 is 9.32 Å². The van der Waals surface area contributed by atoms with E-state index in [1.54, 1.807) is 17.9 Å². The van der Waals surface area contributed by atoms with Crippen LogP contribution in [0.5, 0.6) is 0 Å². The van der Waals surface area contributed by atoms with Crippen LogP contribution >= 0.6 is 0 Å². The molecule has 4 rings (SSSR count). The second-order valence-electron chi connectivity index (χ2n) is 5.93. The maximum absolute atomic E-state index is 12.8. The van der Waals surface area contributed by atoms with Gasteiger partial charge in [-0.15, -0.1) is 0 Å². The minimum absolute atomic E-state index is 0.0871. The molecule has 7 nitrogen and oxygen atoms in total. The molecule has 0 bridgehead atoms. The van der Waals surface area contributed by atoms with E-state index in [-0.39, 0.29) is 5.91 Å². The third-order valence-electron chi connectivity index (χ3n) is 4.12. The summed E-state index contributed by atoms with van der Waals surface area (Å²) in [7, 11) is 0. The predicted molar refractivity (Wildman–Crippen MR) is 93.0 cm³/mol. The average molecular weight is 335 g/mol. The van der Waals surface area contributed by atoms with Crippen LogP contribution in [0, 0.1) is 6.92 Å². The molecule has 1 amide bonds. The molecule has 0 radical (unpaired) electrons. The molecular weight excluding hydrogens is 318 g/mol. The molecule has 0 atom stereocenters. The lowest BCUT2D eigenvalue weighted by Crippen LogP contribution is -2.35. The Morgan fingerprint density at radius 3 is 2.80 bits per heavy atom. The lowest BCUT2D eigenvalue weighted by Gasteiger charge is -2.29. The molecule has 7 heteroatoms. The SMILES string of the molecule is Cc1cc(Nc2ncc(C(=O)N3CCCc4ccccc43)cn2)no1. The van der Waals surface area contributed by atoms with Gasteiger partial charge in [-0.3, -0.25) is 4.79 Å². The number of aryl methyl sites for hydroxylation is 2. The molecule has 3 aromatic rings. The second kappa shape index (κ2) is 6.35. The molecule has 0 fully saturated rings. The van der Waals surface area contributed by atoms with E-state index in [2.05, 4.69) is 26.5 Å². The normalized spacial score (nSPS) is 13.4. The smallest absolute Gasteiger partial charge is 0.261 e. The number of aromatic nitrogens is 3. The number of rotatable bonds is 3. The Kier molecular flexibility index (Phi) is 3.89. The fraction of sp³-hybridized carbons (Fsp3) is 0.222. The third-order valence-corrected chi connectivity index (χ3v) is 4.12. The highest BCUT2D eigenvalue weighted by molar-refractivity contribution is 6.06. The highest BCUT2D eigenvalue weighted by Gasteiger charge is 2.23. The number of fused-ring (bicyclic) bond motifs is 1. The molecule has 0 unspecified atom stereocenters. The number of carbonyl (C=O) groups excluding carboxylic acids is 1. The van der Waals surface area contributed by atoms with Crippen LogP contribution in [0.4, 0.5) is 17.5 Å². The first-order chi connectivity index (χ1) is 12.2. The molecule has 1 aliphatic heterocycles. The maximum Gasteiger partial charge on any atom is 0.261 e. The fourth-order valence-corrected chi connectivity index (χ4v) is 2.94. The van der Waals surface area contributed by atoms with Gasteiger partial charge in [0.25, 0.3) is 5.91 Å². The number of amides is 1. The van der Waals surface area contributed by atoms with Crippen LogP contribution < -0.4 is 10.2 Å². The topological polar surface area (TPSA) is 84.2 Å². The summed E-state index contributed by atoms with van der Waals surface area (Å²) in [6, 6.07) is 9.75. The zero-order chi connectivity index (χ0) is 17.2. The van der Waals surface area contributed by atoms with Crippen molar-refractivity contribution in [2.75, 3.05) is 16.8 Å². The Balaban J connectivity index is 1.53. The lowest BCUT2D eigenvalue weighted by molar-refractivity contribution is 0.0984. The van der Waals surface area contributed by atoms with Crippen molar-refractivity contribution >= 4 is 23.4 Å². The lowest BCUT2D eigenvalue weighted by atomic mass is 10.0. The van der Waals surface area contributed by atoms with Crippen molar-refractivity contribution in [3.63, 3.8) is 0 Å². The van der Waals surface area contributed by atoms with Gasteiger partial charge in [-0.2, -0.15) is 0 Å². The molecule has 0 aliphatic carbocycles. The van der Waals surface area contributed by atoms with Gasteiger partial charge in [0, 0.05) is 30.7 Å². The molecule has 126 valence electrons. The largest absolute Gasteiger partial charge is 0.360 e. The van der Waals surface area contributed by atoms with Crippen molar-refractivity contribution in [3.8, 4) is 0 Å². The number of hydrogen-bond donors (Lipinski definition) is 1. The van der Waals surface area contributed by atoms with Crippen LogP contribution in [0.15, 0.2) is 47.2 Å². The summed E-state index contributed by atoms with van der Waals surface area (Å²) >= 11 is 0. The van der Waals surface area contributed by atoms with E-state index in [1.165, 1.54) is 18.0 Å². The van der Waals surface area contributed by atoms with Gasteiger partial charge in [-0.25, -0.2) is 9.97 Å². The van der Waals surface area contributed by atoms with Crippen molar-refractivity contribution in [1.82, 2.24) is 15.1 Å². The van der Waals surface area contributed by atoms with Crippen LogP contribution in [-0.4, -0.2) is 27.6 Å². The Morgan fingerprint density at radius 1 is 1.24 bits per heavy atom. The molecule has 0 saturated carbocycles. The van der Waals surface area contributed by atoms with Crippen LogP contribution in [-0.2, 0) is 6.42 Å². The van der Waals surface area contributed by atoms with Gasteiger partial charge in [0.15, 0.2) is 5.82 Å². The average Bonchev–Trinajstić information content (AvgIpc) is 3.06. The van der Waals surface area contributed by atoms with Gasteiger partial charge in [-0.05, 0) is 31.4 Å². The van der Waals surface area contributed by atoms with Crippen LogP contribution in [0.25, 0.3) is 0 Å². The van der Waals surface area contributed by atoms with Gasteiger partial charge < -0.3 is 14.7 Å². The number of anilines is 3. The number of para-hydroxylation sites is 1. The molecule has 2 aromatic heterocycles. The van der Waals surface area contributed by atoms with E-state index in [0.29, 0.717) is 29.6 Å². The first-order valence-electron chi connectivity index (χ1n) is 8.13. The third kappa shape index (κ3) is 3.08. The van der Waals surface area contributed by atoms with E-state index in [9.17, 15) is 4.79 Å². The quantitative estimate of drug-likeness (QED) is 0.792. The summed E-state index contributed by atoms with van der Waals surface area (Å²) in [6.45, 7) is 2.51. The maximum atomic E-state index is 12.8. The Morgan fingerprint density at radius 2 is 2.04 bits per heavy atom. The van der Waals surface area contributed by atoms with E-state index in [0.717, 1.165) is 18.5 Å². The zero-order valence-electron chi connectivity index (χ0n) is 13.8. The number of nitrogens with zero attached hydrogens (tertiary/aromatic N) is 4. The first-order valence-corrected chi connectivity index (χ1v) is 8.13. The molecule has 3 heterocycles. The van der Waals surface area contributed by atoms with Crippen molar-refractivity contribution in [2.45, 2.75) is 19.8 Å². The number of carbonyl (C=O) groups is 1. The zero-order valence-corrected chi connectivity index (χ0v) is 13.8. The highest BCUT2D eigenvalue weighted by atomic mass is 16.5. The van der Waals surface area contributed by atoms with Crippen molar-refractivity contribution in [1.29, 1.82) is 0 Å². The molecule has 0 spiro atoms. The van der Waals surface area contributed by atoms with Crippen LogP contribution in [0.2, 0.25) is 0 Å². The Labute approximate surface area is 144 Å². The monoisotopic (exact) mass is 335 g/mol. The molecule has 1 aromatic carbocycles. The van der Waals surface area contributed by atoms with Gasteiger partial charge in [-0.1, -0.05) is 23.4 Å². The van der Waals surface area contributed by atoms with Gasteiger partial charge >= 0.3 is 0 Å².